The van der Waals surface area contributed by atoms with E-state index in [-0.39, 0.29) is 5.91 Å². The molecule has 0 aromatic carbocycles. The van der Waals surface area contributed by atoms with Crippen LogP contribution in [0.3, 0.4) is 0 Å². The molecule has 1 aliphatic rings. The molecule has 1 amide bonds. The van der Waals surface area contributed by atoms with Crippen LogP contribution in [0.2, 0.25) is 0 Å². The number of nitrogens with zero attached hydrogens (tertiary/aromatic N) is 4. The molecule has 1 N–H and O–H groups in total. The standard InChI is InChI=1S/C15H21N5O/c1-11-9-16-17-14(11)8-12-4-3-6-20(10-12)15(21)13-5-7-19(2)18-13/h5,7,9,12H,3-4,6,8,10H2,1-2H3,(H,16,17). The molecule has 112 valence electrons. The molecule has 2 aromatic heterocycles. The summed E-state index contributed by atoms with van der Waals surface area (Å²) in [6, 6.07) is 1.78. The molecule has 0 spiro atoms. The average molecular weight is 287 g/mol. The number of amides is 1. The lowest BCUT2D eigenvalue weighted by atomic mass is 9.92. The zero-order valence-electron chi connectivity index (χ0n) is 12.5. The Morgan fingerprint density at radius 3 is 3.05 bits per heavy atom. The molecule has 21 heavy (non-hydrogen) atoms. The zero-order chi connectivity index (χ0) is 14.8. The van der Waals surface area contributed by atoms with E-state index in [1.54, 1.807) is 10.7 Å². The molecule has 6 nitrogen and oxygen atoms in total. The van der Waals surface area contributed by atoms with E-state index in [0.717, 1.165) is 32.4 Å². The van der Waals surface area contributed by atoms with Gasteiger partial charge in [-0.3, -0.25) is 14.6 Å². The van der Waals surface area contributed by atoms with Crippen molar-refractivity contribution < 1.29 is 4.79 Å². The van der Waals surface area contributed by atoms with Gasteiger partial charge in [0.2, 0.25) is 0 Å². The van der Waals surface area contributed by atoms with Crippen LogP contribution in [0.5, 0.6) is 0 Å². The number of aromatic amines is 1. The summed E-state index contributed by atoms with van der Waals surface area (Å²) in [4.78, 5) is 14.4. The van der Waals surface area contributed by atoms with E-state index in [1.807, 2.05) is 24.3 Å². The molecule has 0 bridgehead atoms. The van der Waals surface area contributed by atoms with Crippen molar-refractivity contribution in [2.24, 2.45) is 13.0 Å². The van der Waals surface area contributed by atoms with Gasteiger partial charge in [0.1, 0.15) is 5.69 Å². The molecule has 1 saturated heterocycles. The van der Waals surface area contributed by atoms with Gasteiger partial charge in [-0.1, -0.05) is 0 Å². The van der Waals surface area contributed by atoms with Gasteiger partial charge in [-0.25, -0.2) is 0 Å². The highest BCUT2D eigenvalue weighted by Gasteiger charge is 2.26. The van der Waals surface area contributed by atoms with Crippen LogP contribution in [0, 0.1) is 12.8 Å². The Hall–Kier alpha value is -2.11. The summed E-state index contributed by atoms with van der Waals surface area (Å²) in [6.45, 7) is 3.69. The number of hydrogen-bond acceptors (Lipinski definition) is 3. The first-order valence-electron chi connectivity index (χ1n) is 7.41. The molecule has 6 heteroatoms. The van der Waals surface area contributed by atoms with Gasteiger partial charge in [-0.05, 0) is 43.7 Å². The Kier molecular flexibility index (Phi) is 3.77. The van der Waals surface area contributed by atoms with E-state index < -0.39 is 0 Å². The van der Waals surface area contributed by atoms with Crippen LogP contribution in [0.4, 0.5) is 0 Å². The van der Waals surface area contributed by atoms with Crippen molar-refractivity contribution in [3.8, 4) is 0 Å². The third-order valence-electron chi connectivity index (χ3n) is 4.17. The van der Waals surface area contributed by atoms with Gasteiger partial charge in [0.25, 0.3) is 5.91 Å². The second-order valence-electron chi connectivity index (χ2n) is 5.87. The lowest BCUT2D eigenvalue weighted by Gasteiger charge is -2.32. The topological polar surface area (TPSA) is 66.8 Å². The molecule has 1 atom stereocenters. The van der Waals surface area contributed by atoms with E-state index in [0.29, 0.717) is 11.6 Å². The predicted molar refractivity (Wildman–Crippen MR) is 78.9 cm³/mol. The fourth-order valence-electron chi connectivity index (χ4n) is 2.98. The Morgan fingerprint density at radius 1 is 1.52 bits per heavy atom. The fraction of sp³-hybridized carbons (Fsp3) is 0.533. The molecule has 2 aromatic rings. The van der Waals surface area contributed by atoms with Gasteiger partial charge >= 0.3 is 0 Å². The van der Waals surface area contributed by atoms with Crippen molar-refractivity contribution in [1.29, 1.82) is 0 Å². The van der Waals surface area contributed by atoms with E-state index >= 15 is 0 Å². The van der Waals surface area contributed by atoms with Crippen LogP contribution in [-0.4, -0.2) is 43.9 Å². The molecule has 1 fully saturated rings. The first kappa shape index (κ1) is 13.9. The van der Waals surface area contributed by atoms with Crippen LogP contribution >= 0.6 is 0 Å². The van der Waals surface area contributed by atoms with Crippen molar-refractivity contribution in [2.75, 3.05) is 13.1 Å². The number of aryl methyl sites for hydroxylation is 2. The van der Waals surface area contributed by atoms with Crippen LogP contribution in [0.15, 0.2) is 18.5 Å². The van der Waals surface area contributed by atoms with E-state index in [1.165, 1.54) is 11.3 Å². The maximum absolute atomic E-state index is 12.5. The first-order chi connectivity index (χ1) is 10.1. The number of carbonyl (C=O) groups excluding carboxylic acids is 1. The Bertz CT molecular complexity index is 630. The lowest BCUT2D eigenvalue weighted by Crippen LogP contribution is -2.40. The van der Waals surface area contributed by atoms with E-state index in [2.05, 4.69) is 22.2 Å². The number of nitrogens with one attached hydrogen (secondary N) is 1. The van der Waals surface area contributed by atoms with Crippen LogP contribution < -0.4 is 0 Å². The maximum atomic E-state index is 12.5. The van der Waals surface area contributed by atoms with Crippen molar-refractivity contribution in [1.82, 2.24) is 24.9 Å². The number of H-pyrrole nitrogens is 1. The predicted octanol–water partition coefficient (Wildman–Crippen LogP) is 1.55. The Morgan fingerprint density at radius 2 is 2.38 bits per heavy atom. The Balaban J connectivity index is 1.65. The van der Waals surface area contributed by atoms with E-state index in [9.17, 15) is 4.79 Å². The van der Waals surface area contributed by atoms with Crippen molar-refractivity contribution in [2.45, 2.75) is 26.2 Å². The summed E-state index contributed by atoms with van der Waals surface area (Å²) in [6.07, 6.45) is 6.83. The zero-order valence-corrected chi connectivity index (χ0v) is 12.5. The highest BCUT2D eigenvalue weighted by Crippen LogP contribution is 2.22. The third kappa shape index (κ3) is 2.99. The van der Waals surface area contributed by atoms with Crippen LogP contribution in [-0.2, 0) is 13.5 Å². The van der Waals surface area contributed by atoms with Gasteiger partial charge in [-0.2, -0.15) is 10.2 Å². The van der Waals surface area contributed by atoms with Crippen molar-refractivity contribution in [3.05, 3.63) is 35.4 Å². The van der Waals surface area contributed by atoms with Crippen LogP contribution in [0.25, 0.3) is 0 Å². The van der Waals surface area contributed by atoms with Gasteiger partial charge in [-0.15, -0.1) is 0 Å². The number of hydrogen-bond donors (Lipinski definition) is 1. The fourth-order valence-corrected chi connectivity index (χ4v) is 2.98. The molecule has 0 aliphatic carbocycles. The minimum absolute atomic E-state index is 0.0432. The summed E-state index contributed by atoms with van der Waals surface area (Å²) in [5.41, 5.74) is 2.92. The molecule has 3 heterocycles. The molecule has 1 unspecified atom stereocenters. The number of aromatic nitrogens is 4. The monoisotopic (exact) mass is 287 g/mol. The second-order valence-corrected chi connectivity index (χ2v) is 5.87. The summed E-state index contributed by atoms with van der Waals surface area (Å²) >= 11 is 0. The number of likely N-dealkylation sites (tertiary alicyclic amines) is 1. The largest absolute Gasteiger partial charge is 0.337 e. The van der Waals surface area contributed by atoms with Gasteiger partial charge in [0.15, 0.2) is 0 Å². The molecular formula is C15H21N5O. The lowest BCUT2D eigenvalue weighted by molar-refractivity contribution is 0.0666. The van der Waals surface area contributed by atoms with Crippen molar-refractivity contribution >= 4 is 5.91 Å². The summed E-state index contributed by atoms with van der Waals surface area (Å²) in [5.74, 6) is 0.534. The summed E-state index contributed by atoms with van der Waals surface area (Å²) in [7, 11) is 1.83. The number of piperidine rings is 1. The smallest absolute Gasteiger partial charge is 0.274 e. The highest BCUT2D eigenvalue weighted by atomic mass is 16.2. The minimum Gasteiger partial charge on any atom is -0.337 e. The number of carbonyl (C=O) groups is 1. The second kappa shape index (κ2) is 5.71. The molecule has 0 saturated carbocycles. The minimum atomic E-state index is 0.0432. The first-order valence-corrected chi connectivity index (χ1v) is 7.41. The molecule has 1 aliphatic heterocycles. The third-order valence-corrected chi connectivity index (χ3v) is 4.17. The van der Waals surface area contributed by atoms with E-state index in [4.69, 9.17) is 0 Å². The van der Waals surface area contributed by atoms with Gasteiger partial charge in [0, 0.05) is 32.0 Å². The average Bonchev–Trinajstić information content (AvgIpc) is 3.08. The van der Waals surface area contributed by atoms with Crippen molar-refractivity contribution in [3.63, 3.8) is 0 Å². The molecule has 0 radical (unpaired) electrons. The normalized spacial score (nSPS) is 19.0. The van der Waals surface area contributed by atoms with Gasteiger partial charge in [0.05, 0.1) is 6.20 Å². The van der Waals surface area contributed by atoms with Crippen LogP contribution in [0.1, 0.15) is 34.6 Å². The SMILES string of the molecule is Cc1cn[nH]c1CC1CCCN(C(=O)c2ccn(C)n2)C1. The molecule has 3 rings (SSSR count). The highest BCUT2D eigenvalue weighted by molar-refractivity contribution is 5.92. The molecular weight excluding hydrogens is 266 g/mol. The quantitative estimate of drug-likeness (QED) is 0.931. The van der Waals surface area contributed by atoms with Gasteiger partial charge < -0.3 is 4.90 Å². The maximum Gasteiger partial charge on any atom is 0.274 e. The summed E-state index contributed by atoms with van der Waals surface area (Å²) in [5, 5.41) is 11.3. The number of rotatable bonds is 3. The Labute approximate surface area is 124 Å². The summed E-state index contributed by atoms with van der Waals surface area (Å²) < 4.78 is 1.67.